The van der Waals surface area contributed by atoms with Crippen molar-refractivity contribution in [3.05, 3.63) is 122 Å². The highest BCUT2D eigenvalue weighted by atomic mass is 35.5. The molecule has 1 fully saturated rings. The van der Waals surface area contributed by atoms with Crippen molar-refractivity contribution in [2.75, 3.05) is 10.2 Å². The second kappa shape index (κ2) is 8.91. The smallest absolute Gasteiger partial charge is 0.238 e. The van der Waals surface area contributed by atoms with Crippen LogP contribution in [-0.4, -0.2) is 29.6 Å². The summed E-state index contributed by atoms with van der Waals surface area (Å²) in [6.07, 6.45) is 3.93. The molecule has 4 atom stereocenters. The summed E-state index contributed by atoms with van der Waals surface area (Å²) in [5, 5.41) is 5.43. The number of para-hydroxylation sites is 2. The molecular formula is C31H20Cl2N2O3S. The van der Waals surface area contributed by atoms with E-state index >= 15 is 0 Å². The molecule has 3 aromatic carbocycles. The van der Waals surface area contributed by atoms with Crippen LogP contribution in [0.1, 0.15) is 31.2 Å². The molecule has 4 aromatic rings. The van der Waals surface area contributed by atoms with Crippen molar-refractivity contribution < 1.29 is 14.4 Å². The number of amides is 1. The van der Waals surface area contributed by atoms with Gasteiger partial charge < -0.3 is 10.2 Å². The Kier molecular flexibility index (Phi) is 5.56. The highest BCUT2D eigenvalue weighted by Gasteiger charge is 2.70. The zero-order valence-corrected chi connectivity index (χ0v) is 22.6. The summed E-state index contributed by atoms with van der Waals surface area (Å²) in [6, 6.07) is 21.9. The summed E-state index contributed by atoms with van der Waals surface area (Å²) >= 11 is 14.1. The van der Waals surface area contributed by atoms with Gasteiger partial charge in [0.05, 0.1) is 21.9 Å². The first-order valence-corrected chi connectivity index (χ1v) is 14.1. The van der Waals surface area contributed by atoms with Crippen molar-refractivity contribution in [1.29, 1.82) is 0 Å². The van der Waals surface area contributed by atoms with Crippen LogP contribution in [0.4, 0.5) is 11.4 Å². The SMILES string of the molecule is O=C(c1cccs1)C1C(C(=O)c2ccc(Cl)cc2Cl)C2(C(=O)Nc3ccccc32)C2C=Cc3ccccc3N12. The van der Waals surface area contributed by atoms with Crippen LogP contribution in [0.2, 0.25) is 10.0 Å². The molecule has 39 heavy (non-hydrogen) atoms. The first-order chi connectivity index (χ1) is 18.9. The Morgan fingerprint density at radius 3 is 2.51 bits per heavy atom. The Morgan fingerprint density at radius 2 is 1.72 bits per heavy atom. The van der Waals surface area contributed by atoms with Gasteiger partial charge in [-0.1, -0.05) is 77.8 Å². The van der Waals surface area contributed by atoms with Gasteiger partial charge in [0, 0.05) is 22.0 Å². The average molecular weight is 571 g/mol. The van der Waals surface area contributed by atoms with Gasteiger partial charge in [0.25, 0.3) is 0 Å². The minimum absolute atomic E-state index is 0.178. The number of anilines is 2. The van der Waals surface area contributed by atoms with Gasteiger partial charge in [-0.2, -0.15) is 0 Å². The molecule has 0 radical (unpaired) electrons. The predicted molar refractivity (Wildman–Crippen MR) is 155 cm³/mol. The number of rotatable bonds is 4. The number of halogens is 2. The Labute approximate surface area is 238 Å². The maximum absolute atomic E-state index is 14.7. The van der Waals surface area contributed by atoms with Gasteiger partial charge in [-0.15, -0.1) is 11.3 Å². The summed E-state index contributed by atoms with van der Waals surface area (Å²) in [5.74, 6) is -1.97. The molecule has 8 heteroatoms. The van der Waals surface area contributed by atoms with Crippen molar-refractivity contribution in [1.82, 2.24) is 0 Å². The van der Waals surface area contributed by atoms with Crippen LogP contribution in [-0.2, 0) is 10.2 Å². The second-order valence-corrected chi connectivity index (χ2v) is 11.7. The summed E-state index contributed by atoms with van der Waals surface area (Å²) in [7, 11) is 0. The van der Waals surface area contributed by atoms with Crippen molar-refractivity contribution in [2.24, 2.45) is 5.92 Å². The van der Waals surface area contributed by atoms with Gasteiger partial charge in [-0.05, 0) is 52.9 Å². The van der Waals surface area contributed by atoms with E-state index in [4.69, 9.17) is 23.2 Å². The van der Waals surface area contributed by atoms with Crippen molar-refractivity contribution >= 4 is 69.5 Å². The Bertz CT molecular complexity index is 1720. The Balaban J connectivity index is 1.55. The van der Waals surface area contributed by atoms with E-state index in [1.165, 1.54) is 17.4 Å². The number of ketones is 2. The third kappa shape index (κ3) is 3.35. The molecule has 1 aromatic heterocycles. The second-order valence-electron chi connectivity index (χ2n) is 9.89. The van der Waals surface area contributed by atoms with Gasteiger partial charge in [0.2, 0.25) is 5.91 Å². The number of hydrogen-bond acceptors (Lipinski definition) is 5. The molecule has 1 N–H and O–H groups in total. The maximum Gasteiger partial charge on any atom is 0.238 e. The normalized spacial score (nSPS) is 24.3. The van der Waals surface area contributed by atoms with Crippen molar-refractivity contribution in [3.63, 3.8) is 0 Å². The first kappa shape index (κ1) is 24.3. The zero-order valence-electron chi connectivity index (χ0n) is 20.3. The molecule has 3 aliphatic heterocycles. The quantitative estimate of drug-likeness (QED) is 0.271. The summed E-state index contributed by atoms with van der Waals surface area (Å²) < 4.78 is 0. The molecule has 1 amide bonds. The number of nitrogens with one attached hydrogen (secondary N) is 1. The zero-order chi connectivity index (χ0) is 26.9. The lowest BCUT2D eigenvalue weighted by atomic mass is 9.64. The van der Waals surface area contributed by atoms with E-state index in [0.29, 0.717) is 21.2 Å². The number of Topliss-reactive ketones (excluding diaryl/α,β-unsaturated/α-hetero) is 2. The first-order valence-electron chi connectivity index (χ1n) is 12.5. The number of hydrogen-bond donors (Lipinski definition) is 1. The minimum Gasteiger partial charge on any atom is -0.352 e. The lowest BCUT2D eigenvalue weighted by Gasteiger charge is -2.37. The van der Waals surface area contributed by atoms with Gasteiger partial charge >= 0.3 is 0 Å². The van der Waals surface area contributed by atoms with E-state index in [-0.39, 0.29) is 28.1 Å². The Hall–Kier alpha value is -3.71. The molecule has 3 aliphatic rings. The number of benzene rings is 3. The van der Waals surface area contributed by atoms with E-state index in [1.54, 1.807) is 18.2 Å². The average Bonchev–Trinajstić information content (AvgIpc) is 3.65. The molecule has 0 bridgehead atoms. The molecule has 0 aliphatic carbocycles. The van der Waals surface area contributed by atoms with Crippen LogP contribution < -0.4 is 10.2 Å². The van der Waals surface area contributed by atoms with Gasteiger partial charge in [0.1, 0.15) is 11.5 Å². The van der Waals surface area contributed by atoms with E-state index in [2.05, 4.69) is 5.32 Å². The highest BCUT2D eigenvalue weighted by Crippen LogP contribution is 2.58. The van der Waals surface area contributed by atoms with Crippen LogP contribution in [0.3, 0.4) is 0 Å². The third-order valence-corrected chi connectivity index (χ3v) is 9.49. The van der Waals surface area contributed by atoms with Crippen molar-refractivity contribution in [3.8, 4) is 0 Å². The van der Waals surface area contributed by atoms with E-state index in [0.717, 1.165) is 11.3 Å². The maximum atomic E-state index is 14.7. The topological polar surface area (TPSA) is 66.5 Å². The number of carbonyl (C=O) groups is 3. The van der Waals surface area contributed by atoms with E-state index in [9.17, 15) is 14.4 Å². The van der Waals surface area contributed by atoms with Gasteiger partial charge in [-0.3, -0.25) is 14.4 Å². The summed E-state index contributed by atoms with van der Waals surface area (Å²) in [5.41, 5.74) is 1.89. The number of carbonyl (C=O) groups excluding carboxylic acids is 3. The number of nitrogens with zero attached hydrogens (tertiary/aromatic N) is 1. The molecular weight excluding hydrogens is 551 g/mol. The molecule has 0 saturated carbocycles. The van der Waals surface area contributed by atoms with Crippen LogP contribution in [0.15, 0.2) is 90.3 Å². The fraction of sp³-hybridized carbons (Fsp3) is 0.129. The minimum atomic E-state index is -1.38. The molecule has 192 valence electrons. The highest BCUT2D eigenvalue weighted by molar-refractivity contribution is 7.12. The van der Waals surface area contributed by atoms with Crippen LogP contribution in [0, 0.1) is 5.92 Å². The van der Waals surface area contributed by atoms with E-state index in [1.807, 2.05) is 77.0 Å². The number of fused-ring (bicyclic) bond motifs is 6. The lowest BCUT2D eigenvalue weighted by molar-refractivity contribution is -0.121. The monoisotopic (exact) mass is 570 g/mol. The van der Waals surface area contributed by atoms with Crippen LogP contribution in [0.5, 0.6) is 0 Å². The van der Waals surface area contributed by atoms with Gasteiger partial charge in [0.15, 0.2) is 11.6 Å². The molecule has 5 nitrogen and oxygen atoms in total. The molecule has 7 rings (SSSR count). The molecule has 4 heterocycles. The fourth-order valence-corrected chi connectivity index (χ4v) is 7.74. The number of thiophene rings is 1. The Morgan fingerprint density at radius 1 is 0.923 bits per heavy atom. The standard InChI is InChI=1S/C31H20Cl2N2O3S/c32-18-12-13-19(21(33)16-18)28(36)26-27(29(37)24-10-5-15-39-24)35-23-9-4-1-6-17(23)11-14-25(35)31(26)20-7-2-3-8-22(20)34-30(31)38/h1-16,25-27H,(H,34,38). The van der Waals surface area contributed by atoms with Crippen LogP contribution in [0.25, 0.3) is 6.08 Å². The summed E-state index contributed by atoms with van der Waals surface area (Å²) in [4.78, 5) is 45.9. The van der Waals surface area contributed by atoms with Crippen LogP contribution >= 0.6 is 34.5 Å². The van der Waals surface area contributed by atoms with Crippen molar-refractivity contribution in [2.45, 2.75) is 17.5 Å². The third-order valence-electron chi connectivity index (χ3n) is 8.05. The summed E-state index contributed by atoms with van der Waals surface area (Å²) in [6.45, 7) is 0. The largest absolute Gasteiger partial charge is 0.352 e. The van der Waals surface area contributed by atoms with E-state index < -0.39 is 23.4 Å². The fourth-order valence-electron chi connectivity index (χ4n) is 6.54. The molecule has 1 spiro atoms. The lowest BCUT2D eigenvalue weighted by Crippen LogP contribution is -2.51. The molecule has 1 saturated heterocycles. The molecule has 4 unspecified atom stereocenters. The van der Waals surface area contributed by atoms with Gasteiger partial charge in [-0.25, -0.2) is 0 Å². The predicted octanol–water partition coefficient (Wildman–Crippen LogP) is 6.91.